The fourth-order valence-electron chi connectivity index (χ4n) is 1.43. The highest BCUT2D eigenvalue weighted by Crippen LogP contribution is 2.32. The van der Waals surface area contributed by atoms with Gasteiger partial charge in [0.2, 0.25) is 0 Å². The molecule has 1 heterocycles. The van der Waals surface area contributed by atoms with Crippen LogP contribution in [0.4, 0.5) is 0 Å². The van der Waals surface area contributed by atoms with Crippen LogP contribution in [0.1, 0.15) is 31.9 Å². The van der Waals surface area contributed by atoms with Crippen molar-refractivity contribution in [2.75, 3.05) is 0 Å². The highest BCUT2D eigenvalue weighted by Gasteiger charge is 2.19. The van der Waals surface area contributed by atoms with Crippen LogP contribution in [-0.2, 0) is 0 Å². The van der Waals surface area contributed by atoms with Crippen molar-refractivity contribution >= 4 is 39.1 Å². The number of aromatic nitrogens is 1. The number of pyridine rings is 1. The Kier molecular flexibility index (Phi) is 4.68. The molecule has 14 heavy (non-hydrogen) atoms. The SMILES string of the molecule is CCC(c1ncc(Cl)cc1Cl)C(C)Br. The van der Waals surface area contributed by atoms with E-state index < -0.39 is 0 Å². The molecular formula is C10H12BrCl2N. The molecule has 0 saturated carbocycles. The molecule has 4 heteroatoms. The Labute approximate surface area is 103 Å². The molecule has 0 aliphatic heterocycles. The molecule has 1 nitrogen and oxygen atoms in total. The van der Waals surface area contributed by atoms with Crippen molar-refractivity contribution in [2.45, 2.75) is 31.0 Å². The first-order chi connectivity index (χ1) is 6.56. The van der Waals surface area contributed by atoms with Gasteiger partial charge in [0, 0.05) is 16.9 Å². The van der Waals surface area contributed by atoms with Crippen LogP contribution in [0.3, 0.4) is 0 Å². The monoisotopic (exact) mass is 295 g/mol. The molecule has 1 rings (SSSR count). The number of alkyl halides is 1. The third-order valence-electron chi connectivity index (χ3n) is 2.18. The zero-order chi connectivity index (χ0) is 10.7. The van der Waals surface area contributed by atoms with E-state index in [1.54, 1.807) is 12.3 Å². The summed E-state index contributed by atoms with van der Waals surface area (Å²) < 4.78 is 0. The number of rotatable bonds is 3. The topological polar surface area (TPSA) is 12.9 Å². The first-order valence-corrected chi connectivity index (χ1v) is 6.18. The molecule has 0 aliphatic carbocycles. The predicted octanol–water partition coefficient (Wildman–Crippen LogP) is 4.67. The highest BCUT2D eigenvalue weighted by molar-refractivity contribution is 9.09. The summed E-state index contributed by atoms with van der Waals surface area (Å²) >= 11 is 15.4. The van der Waals surface area contributed by atoms with Crippen LogP contribution in [-0.4, -0.2) is 9.81 Å². The summed E-state index contributed by atoms with van der Waals surface area (Å²) in [6, 6.07) is 1.74. The molecule has 0 amide bonds. The molecule has 0 bridgehead atoms. The van der Waals surface area contributed by atoms with Crippen LogP contribution in [0.25, 0.3) is 0 Å². The van der Waals surface area contributed by atoms with Gasteiger partial charge in [-0.05, 0) is 12.5 Å². The van der Waals surface area contributed by atoms with E-state index in [0.29, 0.717) is 20.8 Å². The van der Waals surface area contributed by atoms with Crippen molar-refractivity contribution in [3.63, 3.8) is 0 Å². The number of hydrogen-bond acceptors (Lipinski definition) is 1. The zero-order valence-electron chi connectivity index (χ0n) is 8.10. The highest BCUT2D eigenvalue weighted by atomic mass is 79.9. The lowest BCUT2D eigenvalue weighted by molar-refractivity contribution is 0.644. The molecule has 0 spiro atoms. The van der Waals surface area contributed by atoms with Crippen LogP contribution in [0.15, 0.2) is 12.3 Å². The Balaban J connectivity index is 3.04. The minimum atomic E-state index is 0.333. The molecule has 0 N–H and O–H groups in total. The zero-order valence-corrected chi connectivity index (χ0v) is 11.2. The van der Waals surface area contributed by atoms with E-state index in [4.69, 9.17) is 23.2 Å². The lowest BCUT2D eigenvalue weighted by Crippen LogP contribution is -2.10. The quantitative estimate of drug-likeness (QED) is 0.739. The molecule has 1 aromatic heterocycles. The Hall–Kier alpha value is 0.210. The minimum Gasteiger partial charge on any atom is -0.258 e. The molecular weight excluding hydrogens is 285 g/mol. The van der Waals surface area contributed by atoms with Crippen LogP contribution >= 0.6 is 39.1 Å². The fraction of sp³-hybridized carbons (Fsp3) is 0.500. The minimum absolute atomic E-state index is 0.333. The molecule has 78 valence electrons. The van der Waals surface area contributed by atoms with Gasteiger partial charge in [0.1, 0.15) is 0 Å². The van der Waals surface area contributed by atoms with E-state index in [0.717, 1.165) is 12.1 Å². The van der Waals surface area contributed by atoms with Crippen molar-refractivity contribution in [1.29, 1.82) is 0 Å². The van der Waals surface area contributed by atoms with Crippen LogP contribution in [0.5, 0.6) is 0 Å². The van der Waals surface area contributed by atoms with Gasteiger partial charge in [0.25, 0.3) is 0 Å². The normalized spacial score (nSPS) is 15.2. The van der Waals surface area contributed by atoms with Crippen molar-refractivity contribution in [1.82, 2.24) is 4.98 Å². The Morgan fingerprint density at radius 2 is 2.14 bits per heavy atom. The van der Waals surface area contributed by atoms with Crippen LogP contribution < -0.4 is 0 Å². The van der Waals surface area contributed by atoms with E-state index in [1.165, 1.54) is 0 Å². The fourth-order valence-corrected chi connectivity index (χ4v) is 2.58. The van der Waals surface area contributed by atoms with Gasteiger partial charge in [-0.25, -0.2) is 0 Å². The summed E-state index contributed by atoms with van der Waals surface area (Å²) in [6.07, 6.45) is 2.64. The largest absolute Gasteiger partial charge is 0.258 e. The van der Waals surface area contributed by atoms with Gasteiger partial charge in [-0.3, -0.25) is 4.98 Å². The molecule has 2 atom stereocenters. The number of halogens is 3. The van der Waals surface area contributed by atoms with Crippen molar-refractivity contribution in [3.8, 4) is 0 Å². The first-order valence-electron chi connectivity index (χ1n) is 4.51. The van der Waals surface area contributed by atoms with E-state index in [1.807, 2.05) is 0 Å². The first kappa shape index (κ1) is 12.3. The lowest BCUT2D eigenvalue weighted by atomic mass is 9.99. The number of nitrogens with zero attached hydrogens (tertiary/aromatic N) is 1. The van der Waals surface area contributed by atoms with Gasteiger partial charge in [0.05, 0.1) is 15.7 Å². The standard InChI is InChI=1S/C10H12BrCl2N/c1-3-8(6(2)11)10-9(13)4-7(12)5-14-10/h4-6,8H,3H2,1-2H3. The van der Waals surface area contributed by atoms with E-state index in [2.05, 4.69) is 34.8 Å². The van der Waals surface area contributed by atoms with E-state index in [-0.39, 0.29) is 0 Å². The van der Waals surface area contributed by atoms with Crippen molar-refractivity contribution in [2.24, 2.45) is 0 Å². The second-order valence-corrected chi connectivity index (χ2v) is 5.50. The molecule has 0 aromatic carbocycles. The maximum Gasteiger partial charge on any atom is 0.0639 e. The van der Waals surface area contributed by atoms with Gasteiger partial charge in [-0.1, -0.05) is 53.0 Å². The maximum absolute atomic E-state index is 6.08. The van der Waals surface area contributed by atoms with E-state index in [9.17, 15) is 0 Å². The Bertz CT molecular complexity index is 315. The lowest BCUT2D eigenvalue weighted by Gasteiger charge is -2.18. The summed E-state index contributed by atoms with van der Waals surface area (Å²) in [4.78, 5) is 4.64. The van der Waals surface area contributed by atoms with E-state index >= 15 is 0 Å². The summed E-state index contributed by atoms with van der Waals surface area (Å²) in [6.45, 7) is 4.22. The average Bonchev–Trinajstić information content (AvgIpc) is 2.09. The smallest absolute Gasteiger partial charge is 0.0639 e. The van der Waals surface area contributed by atoms with Crippen LogP contribution in [0, 0.1) is 0 Å². The summed E-state index contributed by atoms with van der Waals surface area (Å²) in [5.41, 5.74) is 0.919. The molecule has 2 unspecified atom stereocenters. The van der Waals surface area contributed by atoms with Gasteiger partial charge >= 0.3 is 0 Å². The van der Waals surface area contributed by atoms with Gasteiger partial charge in [0.15, 0.2) is 0 Å². The average molecular weight is 297 g/mol. The second-order valence-electron chi connectivity index (χ2n) is 3.21. The summed E-state index contributed by atoms with van der Waals surface area (Å²) in [5.74, 6) is 0.333. The Morgan fingerprint density at radius 1 is 1.50 bits per heavy atom. The molecule has 0 radical (unpaired) electrons. The molecule has 1 aromatic rings. The second kappa shape index (κ2) is 5.34. The summed E-state index contributed by atoms with van der Waals surface area (Å²) in [7, 11) is 0. The van der Waals surface area contributed by atoms with Gasteiger partial charge in [-0.2, -0.15) is 0 Å². The Morgan fingerprint density at radius 3 is 2.57 bits per heavy atom. The molecule has 0 saturated heterocycles. The van der Waals surface area contributed by atoms with Crippen molar-refractivity contribution < 1.29 is 0 Å². The predicted molar refractivity (Wildman–Crippen MR) is 65.7 cm³/mol. The van der Waals surface area contributed by atoms with Gasteiger partial charge in [-0.15, -0.1) is 0 Å². The van der Waals surface area contributed by atoms with Crippen molar-refractivity contribution in [3.05, 3.63) is 28.0 Å². The van der Waals surface area contributed by atoms with Crippen LogP contribution in [0.2, 0.25) is 10.0 Å². The maximum atomic E-state index is 6.08. The molecule has 0 fully saturated rings. The number of hydrogen-bond donors (Lipinski definition) is 0. The summed E-state index contributed by atoms with van der Waals surface area (Å²) in [5, 5.41) is 1.23. The third-order valence-corrected chi connectivity index (χ3v) is 3.33. The molecule has 0 aliphatic rings. The van der Waals surface area contributed by atoms with Gasteiger partial charge < -0.3 is 0 Å². The third kappa shape index (κ3) is 2.85.